The number of aryl methyl sites for hydroxylation is 1. The van der Waals surface area contributed by atoms with Gasteiger partial charge in [0.15, 0.2) is 0 Å². The van der Waals surface area contributed by atoms with E-state index in [0.717, 1.165) is 6.42 Å². The lowest BCUT2D eigenvalue weighted by Gasteiger charge is -2.16. The van der Waals surface area contributed by atoms with E-state index >= 15 is 0 Å². The molecule has 0 heterocycles. The molecule has 14 heavy (non-hydrogen) atoms. The maximum atomic E-state index is 3.37. The highest BCUT2D eigenvalue weighted by atomic mass is 14.9. The van der Waals surface area contributed by atoms with Gasteiger partial charge in [0, 0.05) is 6.04 Å². The van der Waals surface area contributed by atoms with Crippen LogP contribution in [0.4, 0.5) is 0 Å². The lowest BCUT2D eigenvalue weighted by molar-refractivity contribution is 0.541. The second-order valence-electron chi connectivity index (χ2n) is 3.73. The van der Waals surface area contributed by atoms with Gasteiger partial charge in [0.25, 0.3) is 0 Å². The van der Waals surface area contributed by atoms with Crippen molar-refractivity contribution < 1.29 is 0 Å². The first kappa shape index (κ1) is 11.3. The predicted octanol–water partition coefficient (Wildman–Crippen LogP) is 3.31. The summed E-state index contributed by atoms with van der Waals surface area (Å²) in [6.45, 7) is 4.43. The van der Waals surface area contributed by atoms with E-state index in [-0.39, 0.29) is 0 Å². The minimum atomic E-state index is 0.520. The minimum Gasteiger partial charge on any atom is -0.313 e. The summed E-state index contributed by atoms with van der Waals surface area (Å²) in [5, 5.41) is 3.37. The SMILES string of the molecule is CCCC(NC)c1cccc(CC)c1. The standard InChI is InChI=1S/C13H21N/c1-4-7-13(14-3)12-9-6-8-11(5-2)10-12/h6,8-10,13-14H,4-5,7H2,1-3H3. The second-order valence-corrected chi connectivity index (χ2v) is 3.73. The fraction of sp³-hybridized carbons (Fsp3) is 0.538. The van der Waals surface area contributed by atoms with Gasteiger partial charge in [-0.2, -0.15) is 0 Å². The Kier molecular flexibility index (Phi) is 4.68. The molecule has 1 aromatic rings. The van der Waals surface area contributed by atoms with Crippen LogP contribution in [0.2, 0.25) is 0 Å². The van der Waals surface area contributed by atoms with Gasteiger partial charge in [-0.25, -0.2) is 0 Å². The second kappa shape index (κ2) is 5.82. The van der Waals surface area contributed by atoms with Gasteiger partial charge in [-0.15, -0.1) is 0 Å². The van der Waals surface area contributed by atoms with E-state index in [1.807, 2.05) is 7.05 Å². The van der Waals surface area contributed by atoms with Gasteiger partial charge in [-0.1, -0.05) is 44.5 Å². The number of benzene rings is 1. The van der Waals surface area contributed by atoms with Gasteiger partial charge in [0.05, 0.1) is 0 Å². The smallest absolute Gasteiger partial charge is 0.0317 e. The average molecular weight is 191 g/mol. The highest BCUT2D eigenvalue weighted by molar-refractivity contribution is 5.26. The molecule has 0 spiro atoms. The molecule has 1 heteroatoms. The maximum Gasteiger partial charge on any atom is 0.0317 e. The van der Waals surface area contributed by atoms with Crippen LogP contribution >= 0.6 is 0 Å². The Morgan fingerprint density at radius 3 is 2.64 bits per heavy atom. The molecule has 1 nitrogen and oxygen atoms in total. The fourth-order valence-electron chi connectivity index (χ4n) is 1.80. The molecular formula is C13H21N. The van der Waals surface area contributed by atoms with E-state index in [0.29, 0.717) is 6.04 Å². The molecule has 1 unspecified atom stereocenters. The van der Waals surface area contributed by atoms with Crippen LogP contribution in [0.1, 0.15) is 43.9 Å². The molecule has 1 rings (SSSR count). The predicted molar refractivity (Wildman–Crippen MR) is 62.5 cm³/mol. The molecule has 0 aliphatic carbocycles. The fourth-order valence-corrected chi connectivity index (χ4v) is 1.80. The summed E-state index contributed by atoms with van der Waals surface area (Å²) in [4.78, 5) is 0. The van der Waals surface area contributed by atoms with Crippen LogP contribution in [0, 0.1) is 0 Å². The van der Waals surface area contributed by atoms with Crippen molar-refractivity contribution in [3.8, 4) is 0 Å². The third kappa shape index (κ3) is 2.85. The van der Waals surface area contributed by atoms with Crippen LogP contribution in [0.5, 0.6) is 0 Å². The van der Waals surface area contributed by atoms with Crippen molar-refractivity contribution >= 4 is 0 Å². The normalized spacial score (nSPS) is 12.8. The van der Waals surface area contributed by atoms with Crippen LogP contribution in [-0.4, -0.2) is 7.05 Å². The topological polar surface area (TPSA) is 12.0 Å². The molecule has 1 N–H and O–H groups in total. The van der Waals surface area contributed by atoms with Gasteiger partial charge in [0.2, 0.25) is 0 Å². The molecule has 0 bridgehead atoms. The molecule has 1 atom stereocenters. The highest BCUT2D eigenvalue weighted by Crippen LogP contribution is 2.19. The number of hydrogen-bond donors (Lipinski definition) is 1. The van der Waals surface area contributed by atoms with Crippen LogP contribution < -0.4 is 5.32 Å². The molecule has 0 aliphatic rings. The Balaban J connectivity index is 2.80. The maximum absolute atomic E-state index is 3.37. The quantitative estimate of drug-likeness (QED) is 0.753. The molecule has 0 saturated carbocycles. The van der Waals surface area contributed by atoms with E-state index in [2.05, 4.69) is 43.4 Å². The van der Waals surface area contributed by atoms with Crippen molar-refractivity contribution in [2.75, 3.05) is 7.05 Å². The average Bonchev–Trinajstić information content (AvgIpc) is 2.26. The summed E-state index contributed by atoms with van der Waals surface area (Å²) in [7, 11) is 2.04. The first-order valence-corrected chi connectivity index (χ1v) is 5.57. The summed E-state index contributed by atoms with van der Waals surface area (Å²) in [6, 6.07) is 9.41. The first-order valence-electron chi connectivity index (χ1n) is 5.57. The summed E-state index contributed by atoms with van der Waals surface area (Å²) >= 11 is 0. The van der Waals surface area contributed by atoms with Crippen LogP contribution in [0.25, 0.3) is 0 Å². The Labute approximate surface area is 87.5 Å². The van der Waals surface area contributed by atoms with E-state index in [1.54, 1.807) is 0 Å². The van der Waals surface area contributed by atoms with Crippen molar-refractivity contribution in [1.29, 1.82) is 0 Å². The zero-order valence-electron chi connectivity index (χ0n) is 9.51. The van der Waals surface area contributed by atoms with E-state index in [9.17, 15) is 0 Å². The van der Waals surface area contributed by atoms with Crippen LogP contribution in [0.15, 0.2) is 24.3 Å². The largest absolute Gasteiger partial charge is 0.313 e. The Morgan fingerprint density at radius 2 is 2.07 bits per heavy atom. The molecule has 0 amide bonds. The molecule has 0 saturated heterocycles. The van der Waals surface area contributed by atoms with Crippen molar-refractivity contribution in [3.05, 3.63) is 35.4 Å². The lowest BCUT2D eigenvalue weighted by atomic mass is 10.00. The number of rotatable bonds is 5. The van der Waals surface area contributed by atoms with Gasteiger partial charge in [-0.3, -0.25) is 0 Å². The van der Waals surface area contributed by atoms with Crippen molar-refractivity contribution in [3.63, 3.8) is 0 Å². The molecule has 1 aromatic carbocycles. The van der Waals surface area contributed by atoms with Crippen LogP contribution in [-0.2, 0) is 6.42 Å². The van der Waals surface area contributed by atoms with E-state index < -0.39 is 0 Å². The van der Waals surface area contributed by atoms with E-state index in [4.69, 9.17) is 0 Å². The highest BCUT2D eigenvalue weighted by Gasteiger charge is 2.07. The zero-order chi connectivity index (χ0) is 10.4. The molecular weight excluding hydrogens is 170 g/mol. The third-order valence-electron chi connectivity index (χ3n) is 2.69. The lowest BCUT2D eigenvalue weighted by Crippen LogP contribution is -2.16. The third-order valence-corrected chi connectivity index (χ3v) is 2.69. The van der Waals surface area contributed by atoms with Crippen molar-refractivity contribution in [2.45, 2.75) is 39.2 Å². The molecule has 78 valence electrons. The molecule has 0 radical (unpaired) electrons. The summed E-state index contributed by atoms with van der Waals surface area (Å²) in [5.41, 5.74) is 2.85. The molecule has 0 aliphatic heterocycles. The molecule has 0 fully saturated rings. The van der Waals surface area contributed by atoms with Crippen molar-refractivity contribution in [1.82, 2.24) is 5.32 Å². The monoisotopic (exact) mass is 191 g/mol. The Hall–Kier alpha value is -0.820. The molecule has 0 aromatic heterocycles. The zero-order valence-corrected chi connectivity index (χ0v) is 9.51. The summed E-state index contributed by atoms with van der Waals surface area (Å²) in [5.74, 6) is 0. The summed E-state index contributed by atoms with van der Waals surface area (Å²) in [6.07, 6.45) is 3.56. The van der Waals surface area contributed by atoms with Gasteiger partial charge < -0.3 is 5.32 Å². The Morgan fingerprint density at radius 1 is 1.29 bits per heavy atom. The number of nitrogens with one attached hydrogen (secondary N) is 1. The van der Waals surface area contributed by atoms with Gasteiger partial charge in [0.1, 0.15) is 0 Å². The summed E-state index contributed by atoms with van der Waals surface area (Å²) < 4.78 is 0. The van der Waals surface area contributed by atoms with Gasteiger partial charge in [-0.05, 0) is 31.0 Å². The van der Waals surface area contributed by atoms with E-state index in [1.165, 1.54) is 24.0 Å². The number of hydrogen-bond acceptors (Lipinski definition) is 1. The van der Waals surface area contributed by atoms with Gasteiger partial charge >= 0.3 is 0 Å². The first-order chi connectivity index (χ1) is 6.81. The minimum absolute atomic E-state index is 0.520. The van der Waals surface area contributed by atoms with Crippen molar-refractivity contribution in [2.24, 2.45) is 0 Å². The van der Waals surface area contributed by atoms with Crippen LogP contribution in [0.3, 0.4) is 0 Å². The Bertz CT molecular complexity index is 268.